The van der Waals surface area contributed by atoms with Gasteiger partial charge in [0.25, 0.3) is 11.8 Å². The van der Waals surface area contributed by atoms with Crippen molar-refractivity contribution in [1.82, 2.24) is 0 Å². The van der Waals surface area contributed by atoms with Crippen LogP contribution in [0, 0.1) is 12.7 Å². The average Bonchev–Trinajstić information content (AvgIpc) is 2.63. The van der Waals surface area contributed by atoms with Crippen molar-refractivity contribution in [2.45, 2.75) is 6.92 Å². The molecule has 2 amide bonds. The molecule has 2 N–H and O–H groups in total. The minimum Gasteiger partial charge on any atom is -0.322 e. The van der Waals surface area contributed by atoms with Crippen LogP contribution in [-0.4, -0.2) is 11.8 Å². The second kappa shape index (κ2) is 7.61. The van der Waals surface area contributed by atoms with E-state index in [1.54, 1.807) is 42.5 Å². The van der Waals surface area contributed by atoms with E-state index in [-0.39, 0.29) is 11.5 Å². The van der Waals surface area contributed by atoms with E-state index in [2.05, 4.69) is 10.6 Å². The van der Waals surface area contributed by atoms with E-state index in [4.69, 9.17) is 0 Å². The Labute approximate surface area is 150 Å². The molecule has 4 nitrogen and oxygen atoms in total. The highest BCUT2D eigenvalue weighted by Gasteiger charge is 2.11. The number of carbonyl (C=O) groups excluding carboxylic acids is 2. The zero-order valence-electron chi connectivity index (χ0n) is 14.1. The maximum atomic E-state index is 13.6. The van der Waals surface area contributed by atoms with Gasteiger partial charge in [0, 0.05) is 16.9 Å². The first-order valence-corrected chi connectivity index (χ1v) is 8.07. The van der Waals surface area contributed by atoms with Gasteiger partial charge < -0.3 is 10.6 Å². The van der Waals surface area contributed by atoms with Crippen LogP contribution in [0.1, 0.15) is 26.3 Å². The highest BCUT2D eigenvalue weighted by Crippen LogP contribution is 2.17. The Bertz CT molecular complexity index is 952. The lowest BCUT2D eigenvalue weighted by molar-refractivity contribution is 0.101. The van der Waals surface area contributed by atoms with Gasteiger partial charge in [-0.3, -0.25) is 9.59 Å². The molecule has 3 rings (SSSR count). The third-order valence-corrected chi connectivity index (χ3v) is 3.80. The van der Waals surface area contributed by atoms with Crippen LogP contribution in [0.2, 0.25) is 0 Å². The van der Waals surface area contributed by atoms with E-state index in [1.165, 1.54) is 18.2 Å². The van der Waals surface area contributed by atoms with Crippen LogP contribution in [0.25, 0.3) is 0 Å². The monoisotopic (exact) mass is 348 g/mol. The standard InChI is InChI=1S/C21H17FN2O2/c1-14-5-4-6-15(13-14)20(25)23-16-9-11-17(12-10-16)24-21(26)18-7-2-3-8-19(18)22/h2-13H,1H3,(H,23,25)(H,24,26). The maximum Gasteiger partial charge on any atom is 0.258 e. The molecule has 3 aromatic rings. The van der Waals surface area contributed by atoms with Gasteiger partial charge in [-0.2, -0.15) is 0 Å². The molecule has 0 heterocycles. The highest BCUT2D eigenvalue weighted by molar-refractivity contribution is 6.05. The summed E-state index contributed by atoms with van der Waals surface area (Å²) in [7, 11) is 0. The molecule has 3 aromatic carbocycles. The normalized spacial score (nSPS) is 10.2. The topological polar surface area (TPSA) is 58.2 Å². The van der Waals surface area contributed by atoms with Gasteiger partial charge in [0.1, 0.15) is 5.82 Å². The Balaban J connectivity index is 1.66. The first kappa shape index (κ1) is 17.4. The number of benzene rings is 3. The summed E-state index contributed by atoms with van der Waals surface area (Å²) in [6.45, 7) is 1.92. The summed E-state index contributed by atoms with van der Waals surface area (Å²) in [4.78, 5) is 24.3. The molecule has 0 aromatic heterocycles. The Morgan fingerprint density at radius 1 is 0.769 bits per heavy atom. The van der Waals surface area contributed by atoms with Gasteiger partial charge in [-0.25, -0.2) is 4.39 Å². The number of anilines is 2. The van der Waals surface area contributed by atoms with Crippen molar-refractivity contribution < 1.29 is 14.0 Å². The minimum atomic E-state index is -0.577. The minimum absolute atomic E-state index is 0.0238. The van der Waals surface area contributed by atoms with Gasteiger partial charge in [0.15, 0.2) is 0 Å². The fraction of sp³-hybridized carbons (Fsp3) is 0.0476. The zero-order chi connectivity index (χ0) is 18.5. The largest absolute Gasteiger partial charge is 0.322 e. The number of halogens is 1. The molecule has 0 aliphatic rings. The molecule has 0 atom stereocenters. The summed E-state index contributed by atoms with van der Waals surface area (Å²) < 4.78 is 13.6. The summed E-state index contributed by atoms with van der Waals surface area (Å²) in [5.41, 5.74) is 2.65. The molecule has 0 aliphatic carbocycles. The second-order valence-electron chi connectivity index (χ2n) is 5.83. The van der Waals surface area contributed by atoms with Crippen LogP contribution in [0.15, 0.2) is 72.8 Å². The van der Waals surface area contributed by atoms with Gasteiger partial charge in [-0.15, -0.1) is 0 Å². The highest BCUT2D eigenvalue weighted by atomic mass is 19.1. The third kappa shape index (κ3) is 4.13. The summed E-state index contributed by atoms with van der Waals surface area (Å²) in [6.07, 6.45) is 0. The molecule has 0 aliphatic heterocycles. The molecule has 130 valence electrons. The predicted octanol–water partition coefficient (Wildman–Crippen LogP) is 4.64. The summed E-state index contributed by atoms with van der Waals surface area (Å²) in [5.74, 6) is -1.32. The molecule has 0 saturated heterocycles. The fourth-order valence-electron chi connectivity index (χ4n) is 2.47. The van der Waals surface area contributed by atoms with E-state index in [1.807, 2.05) is 19.1 Å². The van der Waals surface area contributed by atoms with Gasteiger partial charge >= 0.3 is 0 Å². The fourth-order valence-corrected chi connectivity index (χ4v) is 2.47. The quantitative estimate of drug-likeness (QED) is 0.722. The van der Waals surface area contributed by atoms with Crippen molar-refractivity contribution >= 4 is 23.2 Å². The molecular weight excluding hydrogens is 331 g/mol. The Morgan fingerprint density at radius 3 is 2.00 bits per heavy atom. The van der Waals surface area contributed by atoms with Crippen molar-refractivity contribution in [3.05, 3.63) is 95.3 Å². The first-order chi connectivity index (χ1) is 12.5. The second-order valence-corrected chi connectivity index (χ2v) is 5.83. The van der Waals surface area contributed by atoms with Crippen LogP contribution < -0.4 is 10.6 Å². The Morgan fingerprint density at radius 2 is 1.38 bits per heavy atom. The average molecular weight is 348 g/mol. The molecule has 5 heteroatoms. The lowest BCUT2D eigenvalue weighted by atomic mass is 10.1. The van der Waals surface area contributed by atoms with Crippen molar-refractivity contribution in [3.63, 3.8) is 0 Å². The number of hydrogen-bond donors (Lipinski definition) is 2. The maximum absolute atomic E-state index is 13.6. The SMILES string of the molecule is Cc1cccc(C(=O)Nc2ccc(NC(=O)c3ccccc3F)cc2)c1. The number of amides is 2. The molecule has 0 spiro atoms. The first-order valence-electron chi connectivity index (χ1n) is 8.07. The van der Waals surface area contributed by atoms with E-state index in [9.17, 15) is 14.0 Å². The van der Waals surface area contributed by atoms with Gasteiger partial charge in [-0.1, -0.05) is 29.8 Å². The lowest BCUT2D eigenvalue weighted by Crippen LogP contribution is -2.14. The summed E-state index contributed by atoms with van der Waals surface area (Å²) >= 11 is 0. The molecular formula is C21H17FN2O2. The van der Waals surface area contributed by atoms with Crippen LogP contribution in [0.5, 0.6) is 0 Å². The Hall–Kier alpha value is -3.47. The van der Waals surface area contributed by atoms with E-state index >= 15 is 0 Å². The summed E-state index contributed by atoms with van der Waals surface area (Å²) in [5, 5.41) is 5.42. The summed E-state index contributed by atoms with van der Waals surface area (Å²) in [6, 6.07) is 19.7. The van der Waals surface area contributed by atoms with E-state index in [0.29, 0.717) is 16.9 Å². The van der Waals surface area contributed by atoms with Crippen LogP contribution in [0.3, 0.4) is 0 Å². The van der Waals surface area contributed by atoms with E-state index in [0.717, 1.165) is 5.56 Å². The molecule has 0 bridgehead atoms. The number of rotatable bonds is 4. The van der Waals surface area contributed by atoms with E-state index < -0.39 is 11.7 Å². The lowest BCUT2D eigenvalue weighted by Gasteiger charge is -2.09. The Kier molecular flexibility index (Phi) is 5.08. The molecule has 0 saturated carbocycles. The molecule has 0 fully saturated rings. The van der Waals surface area contributed by atoms with Gasteiger partial charge in [-0.05, 0) is 55.5 Å². The number of carbonyl (C=O) groups is 2. The molecule has 26 heavy (non-hydrogen) atoms. The zero-order valence-corrected chi connectivity index (χ0v) is 14.1. The van der Waals surface area contributed by atoms with Crippen molar-refractivity contribution in [2.24, 2.45) is 0 Å². The predicted molar refractivity (Wildman–Crippen MR) is 99.9 cm³/mol. The van der Waals surface area contributed by atoms with Crippen molar-refractivity contribution in [1.29, 1.82) is 0 Å². The van der Waals surface area contributed by atoms with Crippen molar-refractivity contribution in [2.75, 3.05) is 10.6 Å². The smallest absolute Gasteiger partial charge is 0.258 e. The van der Waals surface area contributed by atoms with Gasteiger partial charge in [0.05, 0.1) is 5.56 Å². The molecule has 0 radical (unpaired) electrons. The number of aryl methyl sites for hydroxylation is 1. The third-order valence-electron chi connectivity index (χ3n) is 3.80. The number of nitrogens with one attached hydrogen (secondary N) is 2. The molecule has 0 unspecified atom stereocenters. The van der Waals surface area contributed by atoms with Crippen LogP contribution in [0.4, 0.5) is 15.8 Å². The van der Waals surface area contributed by atoms with Gasteiger partial charge in [0.2, 0.25) is 0 Å². The van der Waals surface area contributed by atoms with Crippen LogP contribution >= 0.6 is 0 Å². The van der Waals surface area contributed by atoms with Crippen LogP contribution in [-0.2, 0) is 0 Å². The number of hydrogen-bond acceptors (Lipinski definition) is 2. The van der Waals surface area contributed by atoms with Crippen molar-refractivity contribution in [3.8, 4) is 0 Å².